The Morgan fingerprint density at radius 1 is 1.14 bits per heavy atom. The number of carbonyl (C=O) groups is 1. The molecule has 1 saturated heterocycles. The first-order chi connectivity index (χ1) is 13.7. The number of likely N-dealkylation sites (tertiary alicyclic amines) is 1. The molecule has 2 atom stereocenters. The molecule has 0 aliphatic carbocycles. The Morgan fingerprint density at radius 2 is 2.04 bits per heavy atom. The van der Waals surface area contributed by atoms with Crippen molar-refractivity contribution in [3.8, 4) is 5.88 Å². The van der Waals surface area contributed by atoms with Crippen LogP contribution in [0.3, 0.4) is 0 Å². The van der Waals surface area contributed by atoms with E-state index < -0.39 is 0 Å². The van der Waals surface area contributed by atoms with Gasteiger partial charge in [-0.25, -0.2) is 4.98 Å². The predicted octanol–water partition coefficient (Wildman–Crippen LogP) is 3.03. The summed E-state index contributed by atoms with van der Waals surface area (Å²) in [5.74, 6) is 0.797. The lowest BCUT2D eigenvalue weighted by Gasteiger charge is -2.38. The topological polar surface area (TPSA) is 50.6 Å². The molecule has 2 aliphatic rings. The third-order valence-electron chi connectivity index (χ3n) is 5.69. The summed E-state index contributed by atoms with van der Waals surface area (Å²) in [6, 6.07) is 12.5. The fourth-order valence-corrected chi connectivity index (χ4v) is 5.15. The summed E-state index contributed by atoms with van der Waals surface area (Å²) in [6.45, 7) is 3.19. The second-order valence-electron chi connectivity index (χ2n) is 7.31. The molecule has 6 nitrogen and oxygen atoms in total. The van der Waals surface area contributed by atoms with Gasteiger partial charge < -0.3 is 14.2 Å². The number of fused-ring (bicyclic) bond motifs is 3. The van der Waals surface area contributed by atoms with Crippen LogP contribution >= 0.6 is 11.3 Å². The van der Waals surface area contributed by atoms with Crippen LogP contribution in [0.2, 0.25) is 0 Å². The molecule has 7 heteroatoms. The van der Waals surface area contributed by atoms with Gasteiger partial charge in [0.25, 0.3) is 5.91 Å². The van der Waals surface area contributed by atoms with Gasteiger partial charge in [-0.05, 0) is 29.6 Å². The molecule has 5 rings (SSSR count). The number of pyridine rings is 1. The Labute approximate surface area is 168 Å². The molecule has 144 valence electrons. The normalized spacial score (nSPS) is 21.6. The van der Waals surface area contributed by atoms with Crippen molar-refractivity contribution in [3.63, 3.8) is 0 Å². The molecule has 0 aromatic carbocycles. The zero-order valence-electron chi connectivity index (χ0n) is 15.7. The van der Waals surface area contributed by atoms with Gasteiger partial charge in [0.2, 0.25) is 5.88 Å². The molecule has 1 amide bonds. The lowest BCUT2D eigenvalue weighted by molar-refractivity contribution is 0.0559. The number of methoxy groups -OCH3 is 1. The van der Waals surface area contributed by atoms with Gasteiger partial charge in [-0.15, -0.1) is 11.3 Å². The monoisotopic (exact) mass is 394 g/mol. The predicted molar refractivity (Wildman–Crippen MR) is 108 cm³/mol. The Morgan fingerprint density at radius 3 is 2.86 bits per heavy atom. The summed E-state index contributed by atoms with van der Waals surface area (Å²) in [7, 11) is 1.66. The molecule has 0 unspecified atom stereocenters. The number of aromatic nitrogens is 2. The Balaban J connectivity index is 1.43. The van der Waals surface area contributed by atoms with E-state index in [0.29, 0.717) is 12.4 Å². The molecule has 28 heavy (non-hydrogen) atoms. The van der Waals surface area contributed by atoms with Crippen LogP contribution in [-0.4, -0.2) is 51.5 Å². The van der Waals surface area contributed by atoms with Crippen molar-refractivity contribution in [1.82, 2.24) is 19.4 Å². The summed E-state index contributed by atoms with van der Waals surface area (Å²) in [5, 5.41) is 2.07. The van der Waals surface area contributed by atoms with Gasteiger partial charge in [0.05, 0.1) is 25.7 Å². The number of ether oxygens (including phenoxy) is 1. The van der Waals surface area contributed by atoms with Gasteiger partial charge in [-0.2, -0.15) is 0 Å². The molecular formula is C21H22N4O2S. The SMILES string of the molecule is COc1ncccc1CN1C[C@@H]2[C@H](C1)N(Cc1cccs1)C(=O)c1cccn12. The third-order valence-corrected chi connectivity index (χ3v) is 6.56. The van der Waals surface area contributed by atoms with Crippen molar-refractivity contribution < 1.29 is 9.53 Å². The number of nitrogens with zero attached hydrogens (tertiary/aromatic N) is 4. The smallest absolute Gasteiger partial charge is 0.271 e. The van der Waals surface area contributed by atoms with Crippen molar-refractivity contribution in [1.29, 1.82) is 0 Å². The van der Waals surface area contributed by atoms with E-state index in [0.717, 1.165) is 30.9 Å². The minimum Gasteiger partial charge on any atom is -0.481 e. The van der Waals surface area contributed by atoms with Crippen molar-refractivity contribution in [2.45, 2.75) is 25.2 Å². The van der Waals surface area contributed by atoms with E-state index in [1.165, 1.54) is 4.88 Å². The summed E-state index contributed by atoms with van der Waals surface area (Å²) in [5.41, 5.74) is 1.87. The molecule has 0 N–H and O–H groups in total. The van der Waals surface area contributed by atoms with Crippen LogP contribution in [-0.2, 0) is 13.1 Å². The van der Waals surface area contributed by atoms with Crippen LogP contribution in [0.25, 0.3) is 0 Å². The molecule has 0 spiro atoms. The number of rotatable bonds is 5. The van der Waals surface area contributed by atoms with Crippen molar-refractivity contribution in [2.75, 3.05) is 20.2 Å². The lowest BCUT2D eigenvalue weighted by Crippen LogP contribution is -2.49. The molecule has 3 aromatic rings. The van der Waals surface area contributed by atoms with E-state index >= 15 is 0 Å². The molecule has 3 aromatic heterocycles. The summed E-state index contributed by atoms with van der Waals surface area (Å²) < 4.78 is 7.59. The van der Waals surface area contributed by atoms with Crippen LogP contribution in [0, 0.1) is 0 Å². The largest absolute Gasteiger partial charge is 0.481 e. The molecule has 5 heterocycles. The molecule has 2 aliphatic heterocycles. The highest BCUT2D eigenvalue weighted by Gasteiger charge is 2.45. The Hall–Kier alpha value is -2.64. The first-order valence-electron chi connectivity index (χ1n) is 9.45. The molecular weight excluding hydrogens is 372 g/mol. The van der Waals surface area contributed by atoms with E-state index in [4.69, 9.17) is 4.74 Å². The summed E-state index contributed by atoms with van der Waals surface area (Å²) in [4.78, 5) is 23.2. The molecule has 0 radical (unpaired) electrons. The number of hydrogen-bond donors (Lipinski definition) is 0. The molecule has 1 fully saturated rings. The fraction of sp³-hybridized carbons (Fsp3) is 0.333. The number of amides is 1. The highest BCUT2D eigenvalue weighted by molar-refractivity contribution is 7.09. The second-order valence-corrected chi connectivity index (χ2v) is 8.35. The second kappa shape index (κ2) is 7.07. The highest BCUT2D eigenvalue weighted by atomic mass is 32.1. The first-order valence-corrected chi connectivity index (χ1v) is 10.3. The van der Waals surface area contributed by atoms with Crippen molar-refractivity contribution >= 4 is 17.2 Å². The number of carbonyl (C=O) groups excluding carboxylic acids is 1. The van der Waals surface area contributed by atoms with Gasteiger partial charge in [0, 0.05) is 42.5 Å². The third kappa shape index (κ3) is 2.91. The van der Waals surface area contributed by atoms with Gasteiger partial charge in [0.15, 0.2) is 0 Å². The minimum absolute atomic E-state index is 0.125. The van der Waals surface area contributed by atoms with Crippen LogP contribution in [0.4, 0.5) is 0 Å². The van der Waals surface area contributed by atoms with E-state index in [9.17, 15) is 4.79 Å². The van der Waals surface area contributed by atoms with Crippen LogP contribution in [0.5, 0.6) is 5.88 Å². The van der Waals surface area contributed by atoms with Crippen molar-refractivity contribution in [3.05, 3.63) is 70.3 Å². The first kappa shape index (κ1) is 17.5. The maximum Gasteiger partial charge on any atom is 0.271 e. The molecule has 0 bridgehead atoms. The van der Waals surface area contributed by atoms with Gasteiger partial charge in [-0.1, -0.05) is 12.1 Å². The summed E-state index contributed by atoms with van der Waals surface area (Å²) >= 11 is 1.71. The quantitative estimate of drug-likeness (QED) is 0.668. The van der Waals surface area contributed by atoms with Crippen LogP contribution < -0.4 is 4.74 Å². The van der Waals surface area contributed by atoms with Gasteiger partial charge in [0.1, 0.15) is 5.69 Å². The fourth-order valence-electron chi connectivity index (χ4n) is 4.45. The maximum atomic E-state index is 13.2. The van der Waals surface area contributed by atoms with Crippen LogP contribution in [0.1, 0.15) is 27.0 Å². The Bertz CT molecular complexity index is 984. The highest BCUT2D eigenvalue weighted by Crippen LogP contribution is 2.36. The summed E-state index contributed by atoms with van der Waals surface area (Å²) in [6.07, 6.45) is 3.79. The van der Waals surface area contributed by atoms with E-state index in [1.807, 2.05) is 30.5 Å². The van der Waals surface area contributed by atoms with Crippen LogP contribution in [0.15, 0.2) is 54.2 Å². The molecule has 0 saturated carbocycles. The zero-order chi connectivity index (χ0) is 19.1. The van der Waals surface area contributed by atoms with E-state index in [-0.39, 0.29) is 18.0 Å². The van der Waals surface area contributed by atoms with Gasteiger partial charge >= 0.3 is 0 Å². The van der Waals surface area contributed by atoms with Crippen molar-refractivity contribution in [2.24, 2.45) is 0 Å². The maximum absolute atomic E-state index is 13.2. The lowest BCUT2D eigenvalue weighted by atomic mass is 10.1. The van der Waals surface area contributed by atoms with E-state index in [2.05, 4.69) is 36.9 Å². The van der Waals surface area contributed by atoms with E-state index in [1.54, 1.807) is 24.6 Å². The standard InChI is InChI=1S/C21H22N4O2S/c1-27-20-15(5-2-8-22-20)11-23-13-18-19(14-23)25(12-16-6-4-10-28-16)21(26)17-7-3-9-24(17)18/h2-10,18-19H,11-14H2,1H3/t18-,19+/m1/s1. The minimum atomic E-state index is 0.125. The average Bonchev–Trinajstić information content (AvgIpc) is 3.45. The Kier molecular flexibility index (Phi) is 4.41. The number of hydrogen-bond acceptors (Lipinski definition) is 5. The zero-order valence-corrected chi connectivity index (χ0v) is 16.5. The number of thiophene rings is 1. The average molecular weight is 395 g/mol. The van der Waals surface area contributed by atoms with Gasteiger partial charge in [-0.3, -0.25) is 9.69 Å².